The second kappa shape index (κ2) is 7.54. The Hall–Kier alpha value is -2.58. The number of sulfonamides is 1. The van der Waals surface area contributed by atoms with Crippen molar-refractivity contribution in [3.05, 3.63) is 59.1 Å². The van der Waals surface area contributed by atoms with E-state index in [1.54, 1.807) is 12.1 Å². The minimum Gasteiger partial charge on any atom is -0.449 e. The van der Waals surface area contributed by atoms with Crippen molar-refractivity contribution in [2.75, 3.05) is 4.72 Å². The first-order valence-electron chi connectivity index (χ1n) is 7.08. The Morgan fingerprint density at radius 2 is 1.64 bits per heavy atom. The summed E-state index contributed by atoms with van der Waals surface area (Å²) in [6, 6.07) is 11.2. The Kier molecular flexibility index (Phi) is 5.66. The van der Waals surface area contributed by atoms with Crippen LogP contribution in [0.1, 0.15) is 17.3 Å². The molecule has 0 saturated carbocycles. The van der Waals surface area contributed by atoms with Gasteiger partial charge in [0.15, 0.2) is 6.10 Å². The fourth-order valence-electron chi connectivity index (χ4n) is 1.79. The predicted octanol–water partition coefficient (Wildman–Crippen LogP) is 2.17. The molecule has 3 N–H and O–H groups in total. The van der Waals surface area contributed by atoms with Gasteiger partial charge in [0.05, 0.1) is 10.5 Å². The van der Waals surface area contributed by atoms with E-state index in [1.807, 2.05) is 0 Å². The van der Waals surface area contributed by atoms with Crippen molar-refractivity contribution < 1.29 is 22.7 Å². The van der Waals surface area contributed by atoms with Crippen LogP contribution in [0.25, 0.3) is 0 Å². The maximum atomic E-state index is 12.3. The molecule has 0 bridgehead atoms. The Labute approximate surface area is 149 Å². The SMILES string of the molecule is C[C@@H](OC(=O)c1ccc(S(=O)(=O)Nc2ccc(Cl)cc2)cc1)C(N)=O. The normalized spacial score (nSPS) is 12.2. The maximum absolute atomic E-state index is 12.3. The van der Waals surface area contributed by atoms with Crippen LogP contribution >= 0.6 is 11.6 Å². The van der Waals surface area contributed by atoms with Crippen LogP contribution in [0.15, 0.2) is 53.4 Å². The van der Waals surface area contributed by atoms with Gasteiger partial charge in [0, 0.05) is 10.7 Å². The highest BCUT2D eigenvalue weighted by molar-refractivity contribution is 7.92. The summed E-state index contributed by atoms with van der Waals surface area (Å²) in [4.78, 5) is 22.7. The first kappa shape index (κ1) is 18.8. The number of hydrogen-bond acceptors (Lipinski definition) is 5. The van der Waals surface area contributed by atoms with Crippen molar-refractivity contribution >= 4 is 39.2 Å². The molecule has 0 aromatic heterocycles. The number of rotatable bonds is 6. The smallest absolute Gasteiger partial charge is 0.338 e. The number of primary amides is 1. The Bertz CT molecular complexity index is 880. The van der Waals surface area contributed by atoms with Crippen molar-refractivity contribution in [3.8, 4) is 0 Å². The summed E-state index contributed by atoms with van der Waals surface area (Å²) in [5, 5.41) is 0.482. The molecule has 0 saturated heterocycles. The van der Waals surface area contributed by atoms with Gasteiger partial charge in [-0.1, -0.05) is 11.6 Å². The van der Waals surface area contributed by atoms with E-state index >= 15 is 0 Å². The highest BCUT2D eigenvalue weighted by Gasteiger charge is 2.18. The van der Waals surface area contributed by atoms with Crippen LogP contribution < -0.4 is 10.5 Å². The minimum absolute atomic E-state index is 0.0399. The maximum Gasteiger partial charge on any atom is 0.338 e. The summed E-state index contributed by atoms with van der Waals surface area (Å²) in [5.41, 5.74) is 5.46. The number of amides is 1. The van der Waals surface area contributed by atoms with Crippen LogP contribution in [-0.2, 0) is 19.6 Å². The Morgan fingerprint density at radius 3 is 2.16 bits per heavy atom. The number of ether oxygens (including phenoxy) is 1. The average Bonchev–Trinajstić information content (AvgIpc) is 2.56. The summed E-state index contributed by atoms with van der Waals surface area (Å²) in [7, 11) is -3.82. The number of hydrogen-bond donors (Lipinski definition) is 2. The lowest BCUT2D eigenvalue weighted by Gasteiger charge is -2.11. The molecule has 0 spiro atoms. The van der Waals surface area contributed by atoms with E-state index in [1.165, 1.54) is 43.3 Å². The van der Waals surface area contributed by atoms with E-state index in [0.717, 1.165) is 0 Å². The topological polar surface area (TPSA) is 116 Å². The molecule has 2 aromatic rings. The molecule has 0 aliphatic heterocycles. The zero-order chi connectivity index (χ0) is 18.6. The van der Waals surface area contributed by atoms with Gasteiger partial charge < -0.3 is 10.5 Å². The lowest BCUT2D eigenvalue weighted by molar-refractivity contribution is -0.125. The zero-order valence-corrected chi connectivity index (χ0v) is 14.7. The van der Waals surface area contributed by atoms with Crippen molar-refractivity contribution in [1.82, 2.24) is 0 Å². The van der Waals surface area contributed by atoms with E-state index in [4.69, 9.17) is 22.1 Å². The predicted molar refractivity (Wildman–Crippen MR) is 92.8 cm³/mol. The number of carbonyl (C=O) groups excluding carboxylic acids is 2. The monoisotopic (exact) mass is 382 g/mol. The molecule has 2 rings (SSSR count). The fraction of sp³-hybridized carbons (Fsp3) is 0.125. The lowest BCUT2D eigenvalue weighted by Crippen LogP contribution is -2.30. The summed E-state index contributed by atoms with van der Waals surface area (Å²) in [6.07, 6.45) is -1.08. The number of esters is 1. The first-order chi connectivity index (χ1) is 11.7. The molecular formula is C16H15ClN2O5S. The van der Waals surface area contributed by atoms with Crippen molar-refractivity contribution in [2.24, 2.45) is 5.73 Å². The number of anilines is 1. The van der Waals surface area contributed by atoms with Gasteiger partial charge in [-0.3, -0.25) is 9.52 Å². The molecule has 1 amide bonds. The molecule has 7 nitrogen and oxygen atoms in total. The third-order valence-electron chi connectivity index (χ3n) is 3.18. The molecule has 1 atom stereocenters. The fourth-order valence-corrected chi connectivity index (χ4v) is 2.97. The molecule has 25 heavy (non-hydrogen) atoms. The Balaban J connectivity index is 2.14. The number of benzene rings is 2. The Morgan fingerprint density at radius 1 is 1.08 bits per heavy atom. The second-order valence-electron chi connectivity index (χ2n) is 5.09. The van der Waals surface area contributed by atoms with Gasteiger partial charge in [-0.15, -0.1) is 0 Å². The van der Waals surface area contributed by atoms with Gasteiger partial charge in [-0.2, -0.15) is 0 Å². The molecule has 0 aliphatic carbocycles. The van der Waals surface area contributed by atoms with E-state index < -0.39 is 28.0 Å². The first-order valence-corrected chi connectivity index (χ1v) is 8.94. The van der Waals surface area contributed by atoms with Gasteiger partial charge >= 0.3 is 5.97 Å². The summed E-state index contributed by atoms with van der Waals surface area (Å²) in [5.74, 6) is -1.55. The highest BCUT2D eigenvalue weighted by atomic mass is 35.5. The zero-order valence-electron chi connectivity index (χ0n) is 13.1. The third-order valence-corrected chi connectivity index (χ3v) is 4.83. The van der Waals surface area contributed by atoms with E-state index in [0.29, 0.717) is 10.7 Å². The van der Waals surface area contributed by atoms with Crippen molar-refractivity contribution in [3.63, 3.8) is 0 Å². The number of nitrogens with one attached hydrogen (secondary N) is 1. The van der Waals surface area contributed by atoms with Crippen LogP contribution in [0.3, 0.4) is 0 Å². The third kappa shape index (κ3) is 4.94. The average molecular weight is 383 g/mol. The van der Waals surface area contributed by atoms with E-state index in [-0.39, 0.29) is 10.5 Å². The van der Waals surface area contributed by atoms with E-state index in [2.05, 4.69) is 4.72 Å². The highest BCUT2D eigenvalue weighted by Crippen LogP contribution is 2.19. The molecule has 2 aromatic carbocycles. The molecule has 0 heterocycles. The molecule has 0 aliphatic rings. The molecular weight excluding hydrogens is 368 g/mol. The number of halogens is 1. The van der Waals surface area contributed by atoms with Crippen LogP contribution in [0.5, 0.6) is 0 Å². The summed E-state index contributed by atoms with van der Waals surface area (Å²) in [6.45, 7) is 1.34. The van der Waals surface area contributed by atoms with Gasteiger partial charge in [-0.05, 0) is 55.5 Å². The largest absolute Gasteiger partial charge is 0.449 e. The molecule has 0 radical (unpaired) electrons. The lowest BCUT2D eigenvalue weighted by atomic mass is 10.2. The van der Waals surface area contributed by atoms with Crippen molar-refractivity contribution in [1.29, 1.82) is 0 Å². The van der Waals surface area contributed by atoms with Gasteiger partial charge in [-0.25, -0.2) is 13.2 Å². The van der Waals surface area contributed by atoms with Crippen LogP contribution in [0.4, 0.5) is 5.69 Å². The molecule has 9 heteroatoms. The summed E-state index contributed by atoms with van der Waals surface area (Å²) >= 11 is 5.75. The summed E-state index contributed by atoms with van der Waals surface area (Å²) < 4.78 is 31.9. The van der Waals surface area contributed by atoms with Gasteiger partial charge in [0.25, 0.3) is 15.9 Å². The van der Waals surface area contributed by atoms with Crippen molar-refractivity contribution in [2.45, 2.75) is 17.9 Å². The number of nitrogens with two attached hydrogens (primary N) is 1. The van der Waals surface area contributed by atoms with Crippen LogP contribution in [0, 0.1) is 0 Å². The molecule has 0 fully saturated rings. The van der Waals surface area contributed by atoms with E-state index in [9.17, 15) is 18.0 Å². The van der Waals surface area contributed by atoms with Gasteiger partial charge in [0.1, 0.15) is 0 Å². The second-order valence-corrected chi connectivity index (χ2v) is 7.21. The quantitative estimate of drug-likeness (QED) is 0.743. The standard InChI is InChI=1S/C16H15ClN2O5S/c1-10(15(18)20)24-16(21)11-2-8-14(9-3-11)25(22,23)19-13-6-4-12(17)5-7-13/h2-10,19H,1H3,(H2,18,20)/t10-/m1/s1. The minimum atomic E-state index is -3.82. The molecule has 132 valence electrons. The van der Waals surface area contributed by atoms with Gasteiger partial charge in [0.2, 0.25) is 0 Å². The van der Waals surface area contributed by atoms with Crippen LogP contribution in [-0.4, -0.2) is 26.4 Å². The molecule has 0 unspecified atom stereocenters. The number of carbonyl (C=O) groups is 2. The van der Waals surface area contributed by atoms with Crippen LogP contribution in [0.2, 0.25) is 5.02 Å².